The molecule has 1 heterocycles. The van der Waals surface area contributed by atoms with E-state index < -0.39 is 0 Å². The lowest BCUT2D eigenvalue weighted by Crippen LogP contribution is -1.91. The van der Waals surface area contributed by atoms with Crippen LogP contribution in [-0.4, -0.2) is 10.1 Å². The van der Waals surface area contributed by atoms with Gasteiger partial charge in [0.05, 0.1) is 0 Å². The fourth-order valence-corrected chi connectivity index (χ4v) is 2.78. The molecule has 23 heavy (non-hydrogen) atoms. The Morgan fingerprint density at radius 3 is 2.04 bits per heavy atom. The smallest absolute Gasteiger partial charge is 0.116 e. The third-order valence-corrected chi connectivity index (χ3v) is 3.82. The molecular formula is C21H19NO. The molecule has 1 aromatic heterocycles. The van der Waals surface area contributed by atoms with Crippen molar-refractivity contribution in [1.29, 1.82) is 0 Å². The Bertz CT molecular complexity index is 829. The van der Waals surface area contributed by atoms with E-state index in [0.717, 1.165) is 11.1 Å². The van der Waals surface area contributed by atoms with Gasteiger partial charge in [0.1, 0.15) is 5.75 Å². The van der Waals surface area contributed by atoms with Gasteiger partial charge in [0.25, 0.3) is 0 Å². The molecule has 3 rings (SSSR count). The molecule has 0 spiro atoms. The van der Waals surface area contributed by atoms with Gasteiger partial charge >= 0.3 is 0 Å². The van der Waals surface area contributed by atoms with Crippen molar-refractivity contribution in [3.05, 3.63) is 89.8 Å². The molecule has 2 nitrogen and oxygen atoms in total. The average molecular weight is 301 g/mol. The summed E-state index contributed by atoms with van der Waals surface area (Å²) >= 11 is 0. The van der Waals surface area contributed by atoms with Crippen LogP contribution in [0.1, 0.15) is 25.0 Å². The summed E-state index contributed by atoms with van der Waals surface area (Å²) in [5.74, 6) is 0.286. The quantitative estimate of drug-likeness (QED) is 0.712. The number of benzene rings is 2. The summed E-state index contributed by atoms with van der Waals surface area (Å²) in [4.78, 5) is 4.10. The maximum absolute atomic E-state index is 9.63. The predicted octanol–water partition coefficient (Wildman–Crippen LogP) is 5.30. The van der Waals surface area contributed by atoms with E-state index in [1.54, 1.807) is 12.1 Å². The van der Waals surface area contributed by atoms with Crippen molar-refractivity contribution < 1.29 is 5.11 Å². The normalized spacial score (nSPS) is 10.3. The van der Waals surface area contributed by atoms with Gasteiger partial charge in [0.2, 0.25) is 0 Å². The summed E-state index contributed by atoms with van der Waals surface area (Å²) in [6.07, 6.45) is 3.64. The minimum absolute atomic E-state index is 0.286. The SMILES string of the molecule is CC(C)=C(c1ccncc1)c1ccc(-c2cccc(O)c2)cc1. The van der Waals surface area contributed by atoms with Crippen LogP contribution in [0.5, 0.6) is 5.75 Å². The van der Waals surface area contributed by atoms with Crippen molar-refractivity contribution in [3.63, 3.8) is 0 Å². The Hall–Kier alpha value is -2.87. The summed E-state index contributed by atoms with van der Waals surface area (Å²) < 4.78 is 0. The Kier molecular flexibility index (Phi) is 4.24. The number of aromatic hydroxyl groups is 1. The zero-order valence-corrected chi connectivity index (χ0v) is 13.3. The molecule has 2 heteroatoms. The standard InChI is InChI=1S/C21H19NO/c1-15(2)21(18-10-12-22-13-11-18)17-8-6-16(7-9-17)19-4-3-5-20(23)14-19/h3-14,23H,1-2H3. The summed E-state index contributed by atoms with van der Waals surface area (Å²) in [6, 6.07) is 19.8. The van der Waals surface area contributed by atoms with Gasteiger partial charge in [0, 0.05) is 12.4 Å². The second-order valence-electron chi connectivity index (χ2n) is 5.74. The summed E-state index contributed by atoms with van der Waals surface area (Å²) in [5.41, 5.74) is 6.95. The Morgan fingerprint density at radius 2 is 1.43 bits per heavy atom. The lowest BCUT2D eigenvalue weighted by molar-refractivity contribution is 0.475. The van der Waals surface area contributed by atoms with E-state index in [9.17, 15) is 5.11 Å². The number of pyridine rings is 1. The Labute approximate surface area is 136 Å². The minimum atomic E-state index is 0.286. The highest BCUT2D eigenvalue weighted by Gasteiger charge is 2.07. The van der Waals surface area contributed by atoms with E-state index in [1.165, 1.54) is 22.3 Å². The first-order valence-electron chi connectivity index (χ1n) is 7.63. The van der Waals surface area contributed by atoms with Crippen LogP contribution >= 0.6 is 0 Å². The highest BCUT2D eigenvalue weighted by molar-refractivity contribution is 5.82. The molecule has 0 atom stereocenters. The zero-order chi connectivity index (χ0) is 16.2. The molecule has 3 aromatic rings. The van der Waals surface area contributed by atoms with Gasteiger partial charge in [-0.15, -0.1) is 0 Å². The number of hydrogen-bond acceptors (Lipinski definition) is 2. The summed E-state index contributed by atoms with van der Waals surface area (Å²) in [5, 5.41) is 9.63. The van der Waals surface area contributed by atoms with E-state index in [2.05, 4.69) is 43.1 Å². The first-order valence-corrected chi connectivity index (χ1v) is 7.63. The molecule has 0 saturated heterocycles. The molecule has 0 aliphatic rings. The van der Waals surface area contributed by atoms with Gasteiger partial charge in [-0.25, -0.2) is 0 Å². The van der Waals surface area contributed by atoms with Gasteiger partial charge in [0.15, 0.2) is 0 Å². The Morgan fingerprint density at radius 1 is 0.783 bits per heavy atom. The van der Waals surface area contributed by atoms with Crippen molar-refractivity contribution >= 4 is 5.57 Å². The van der Waals surface area contributed by atoms with E-state index in [1.807, 2.05) is 36.7 Å². The molecule has 1 N–H and O–H groups in total. The molecule has 114 valence electrons. The van der Waals surface area contributed by atoms with Crippen LogP contribution in [0.25, 0.3) is 16.7 Å². The van der Waals surface area contributed by atoms with Crippen molar-refractivity contribution in [1.82, 2.24) is 4.98 Å². The number of allylic oxidation sites excluding steroid dienone is 1. The first kappa shape index (κ1) is 15.0. The first-order chi connectivity index (χ1) is 11.1. The third-order valence-electron chi connectivity index (χ3n) is 3.82. The second kappa shape index (κ2) is 6.49. The van der Waals surface area contributed by atoms with E-state index in [4.69, 9.17) is 0 Å². The molecule has 0 bridgehead atoms. The van der Waals surface area contributed by atoms with E-state index in [-0.39, 0.29) is 5.75 Å². The van der Waals surface area contributed by atoms with Crippen molar-refractivity contribution in [2.75, 3.05) is 0 Å². The molecule has 0 aliphatic heterocycles. The molecule has 2 aromatic carbocycles. The van der Waals surface area contributed by atoms with Gasteiger partial charge in [-0.1, -0.05) is 42.0 Å². The van der Waals surface area contributed by atoms with Crippen LogP contribution in [0, 0.1) is 0 Å². The van der Waals surface area contributed by atoms with Gasteiger partial charge < -0.3 is 5.11 Å². The van der Waals surface area contributed by atoms with Crippen LogP contribution in [0.15, 0.2) is 78.6 Å². The maximum atomic E-state index is 9.63. The average Bonchev–Trinajstić information content (AvgIpc) is 2.56. The molecule has 0 fully saturated rings. The molecular weight excluding hydrogens is 282 g/mol. The fraction of sp³-hybridized carbons (Fsp3) is 0.0952. The van der Waals surface area contributed by atoms with Crippen molar-refractivity contribution in [2.24, 2.45) is 0 Å². The van der Waals surface area contributed by atoms with Gasteiger partial charge in [-0.2, -0.15) is 0 Å². The molecule has 0 amide bonds. The zero-order valence-electron chi connectivity index (χ0n) is 13.3. The topological polar surface area (TPSA) is 33.1 Å². The number of rotatable bonds is 3. The third kappa shape index (κ3) is 3.32. The number of phenolic OH excluding ortho intramolecular Hbond substituents is 1. The molecule has 0 saturated carbocycles. The maximum Gasteiger partial charge on any atom is 0.116 e. The highest BCUT2D eigenvalue weighted by Crippen LogP contribution is 2.29. The number of aromatic nitrogens is 1. The van der Waals surface area contributed by atoms with Crippen LogP contribution in [0.2, 0.25) is 0 Å². The van der Waals surface area contributed by atoms with E-state index >= 15 is 0 Å². The summed E-state index contributed by atoms with van der Waals surface area (Å²) in [7, 11) is 0. The number of phenols is 1. The predicted molar refractivity (Wildman–Crippen MR) is 95.1 cm³/mol. The molecule has 0 aliphatic carbocycles. The van der Waals surface area contributed by atoms with Crippen molar-refractivity contribution in [2.45, 2.75) is 13.8 Å². The lowest BCUT2D eigenvalue weighted by Gasteiger charge is -2.12. The lowest BCUT2D eigenvalue weighted by atomic mass is 9.93. The fourth-order valence-electron chi connectivity index (χ4n) is 2.78. The number of nitrogens with zero attached hydrogens (tertiary/aromatic N) is 1. The minimum Gasteiger partial charge on any atom is -0.508 e. The molecule has 0 radical (unpaired) electrons. The largest absolute Gasteiger partial charge is 0.508 e. The van der Waals surface area contributed by atoms with Gasteiger partial charge in [-0.3, -0.25) is 4.98 Å². The molecule has 0 unspecified atom stereocenters. The van der Waals surface area contributed by atoms with E-state index in [0.29, 0.717) is 0 Å². The number of hydrogen-bond donors (Lipinski definition) is 1. The van der Waals surface area contributed by atoms with Crippen LogP contribution < -0.4 is 0 Å². The van der Waals surface area contributed by atoms with Crippen LogP contribution in [0.3, 0.4) is 0 Å². The van der Waals surface area contributed by atoms with Crippen molar-refractivity contribution in [3.8, 4) is 16.9 Å². The van der Waals surface area contributed by atoms with Crippen LogP contribution in [0.4, 0.5) is 0 Å². The second-order valence-corrected chi connectivity index (χ2v) is 5.74. The highest BCUT2D eigenvalue weighted by atomic mass is 16.3. The Balaban J connectivity index is 2.00. The van der Waals surface area contributed by atoms with Gasteiger partial charge in [-0.05, 0) is 65.9 Å². The van der Waals surface area contributed by atoms with Crippen LogP contribution in [-0.2, 0) is 0 Å². The monoisotopic (exact) mass is 301 g/mol. The summed E-state index contributed by atoms with van der Waals surface area (Å²) in [6.45, 7) is 4.25.